The second-order valence-electron chi connectivity index (χ2n) is 7.90. The number of methoxy groups -OCH3 is 2. The highest BCUT2D eigenvalue weighted by Crippen LogP contribution is 2.29. The minimum atomic E-state index is -0.936. The number of carbonyl (C=O) groups excluding carboxylic acids is 2. The number of rotatable bonds is 11. The van der Waals surface area contributed by atoms with Crippen LogP contribution in [0, 0.1) is 0 Å². The maximum Gasteiger partial charge on any atom is 0.262 e. The lowest BCUT2D eigenvalue weighted by Gasteiger charge is -2.21. The van der Waals surface area contributed by atoms with E-state index in [4.69, 9.17) is 37.4 Å². The van der Waals surface area contributed by atoms with Crippen LogP contribution in [0.2, 0.25) is 10.0 Å². The summed E-state index contributed by atoms with van der Waals surface area (Å²) in [6.07, 6.45) is 0.744. The van der Waals surface area contributed by atoms with E-state index in [1.165, 1.54) is 26.5 Å². The molecule has 0 spiro atoms. The van der Waals surface area contributed by atoms with Crippen molar-refractivity contribution in [2.45, 2.75) is 25.5 Å². The summed E-state index contributed by atoms with van der Waals surface area (Å²) in [6.45, 7) is 1.56. The molecule has 3 aromatic carbocycles. The summed E-state index contributed by atoms with van der Waals surface area (Å²) in [5, 5.41) is 7.51. The van der Waals surface area contributed by atoms with Gasteiger partial charge in [-0.2, -0.15) is 5.10 Å². The van der Waals surface area contributed by atoms with Gasteiger partial charge in [-0.3, -0.25) is 9.59 Å². The molecule has 10 heteroatoms. The number of amides is 2. The molecule has 2 amide bonds. The van der Waals surface area contributed by atoms with E-state index in [-0.39, 0.29) is 11.4 Å². The molecule has 0 heterocycles. The van der Waals surface area contributed by atoms with Gasteiger partial charge < -0.3 is 19.5 Å². The fraction of sp³-hybridized carbons (Fsp3) is 0.222. The number of hydrazone groups is 1. The predicted molar refractivity (Wildman–Crippen MR) is 144 cm³/mol. The van der Waals surface area contributed by atoms with Crippen LogP contribution in [0.25, 0.3) is 0 Å². The molecule has 0 fully saturated rings. The molecule has 0 aliphatic carbocycles. The molecule has 0 bridgehead atoms. The number of nitrogens with zero attached hydrogens (tertiary/aromatic N) is 1. The first-order valence-corrected chi connectivity index (χ1v) is 12.1. The Morgan fingerprint density at radius 1 is 0.946 bits per heavy atom. The topological polar surface area (TPSA) is 98.2 Å². The van der Waals surface area contributed by atoms with E-state index in [0.717, 1.165) is 5.56 Å². The average Bonchev–Trinajstić information content (AvgIpc) is 2.90. The van der Waals surface area contributed by atoms with Crippen molar-refractivity contribution in [1.82, 2.24) is 10.7 Å². The largest absolute Gasteiger partial charge is 0.493 e. The van der Waals surface area contributed by atoms with Crippen LogP contribution >= 0.6 is 23.2 Å². The lowest BCUT2D eigenvalue weighted by molar-refractivity contribution is -0.132. The molecule has 2 N–H and O–H groups in total. The van der Waals surface area contributed by atoms with Crippen LogP contribution in [0.4, 0.5) is 0 Å². The van der Waals surface area contributed by atoms with Gasteiger partial charge >= 0.3 is 0 Å². The van der Waals surface area contributed by atoms with Crippen LogP contribution < -0.4 is 25.0 Å². The summed E-state index contributed by atoms with van der Waals surface area (Å²) in [7, 11) is 3.04. The van der Waals surface area contributed by atoms with Gasteiger partial charge in [0.15, 0.2) is 17.6 Å². The second kappa shape index (κ2) is 13.5. The van der Waals surface area contributed by atoms with Crippen LogP contribution in [0.3, 0.4) is 0 Å². The quantitative estimate of drug-likeness (QED) is 0.271. The van der Waals surface area contributed by atoms with Crippen molar-refractivity contribution < 1.29 is 23.8 Å². The molecule has 0 unspecified atom stereocenters. The van der Waals surface area contributed by atoms with Crippen molar-refractivity contribution in [2.24, 2.45) is 5.10 Å². The van der Waals surface area contributed by atoms with Crippen molar-refractivity contribution in [3.63, 3.8) is 0 Å². The van der Waals surface area contributed by atoms with Crippen LogP contribution in [0.1, 0.15) is 18.1 Å². The number of para-hydroxylation sites is 1. The SMILES string of the molecule is COc1cccc(/C=N\NC(=O)[C@@H](Cc2ccccc2)NC(=O)[C@H](C)Oc2ccc(Cl)cc2Cl)c1OC. The van der Waals surface area contributed by atoms with Crippen LogP contribution in [-0.2, 0) is 16.0 Å². The van der Waals surface area contributed by atoms with Gasteiger partial charge in [0.2, 0.25) is 0 Å². The molecule has 3 aromatic rings. The van der Waals surface area contributed by atoms with Gasteiger partial charge in [-0.15, -0.1) is 0 Å². The van der Waals surface area contributed by atoms with Gasteiger partial charge in [0.25, 0.3) is 11.8 Å². The summed E-state index contributed by atoms with van der Waals surface area (Å²) in [5.74, 6) is 0.299. The molecule has 37 heavy (non-hydrogen) atoms. The van der Waals surface area contributed by atoms with E-state index in [0.29, 0.717) is 27.8 Å². The third-order valence-corrected chi connectivity index (χ3v) is 5.82. The van der Waals surface area contributed by atoms with Crippen LogP contribution in [-0.4, -0.2) is 44.4 Å². The molecule has 0 saturated heterocycles. The molecule has 0 aromatic heterocycles. The first-order chi connectivity index (χ1) is 17.8. The molecule has 0 radical (unpaired) electrons. The van der Waals surface area contributed by atoms with E-state index < -0.39 is 24.0 Å². The number of halogens is 2. The summed E-state index contributed by atoms with van der Waals surface area (Å²) < 4.78 is 16.3. The molecule has 3 rings (SSSR count). The van der Waals surface area contributed by atoms with Gasteiger partial charge in [-0.25, -0.2) is 5.43 Å². The molecule has 2 atom stereocenters. The fourth-order valence-corrected chi connectivity index (χ4v) is 3.87. The molecule has 8 nitrogen and oxygen atoms in total. The molecular weight excluding hydrogens is 517 g/mol. The van der Waals surface area contributed by atoms with Gasteiger partial charge in [0, 0.05) is 17.0 Å². The highest BCUT2D eigenvalue weighted by molar-refractivity contribution is 6.35. The number of ether oxygens (including phenoxy) is 3. The van der Waals surface area contributed by atoms with Gasteiger partial charge in [0.1, 0.15) is 11.8 Å². The molecule has 0 aliphatic rings. The number of benzene rings is 3. The Hall–Kier alpha value is -3.75. The predicted octanol–water partition coefficient (Wildman–Crippen LogP) is 4.66. The summed E-state index contributed by atoms with van der Waals surface area (Å²) in [4.78, 5) is 26.0. The smallest absolute Gasteiger partial charge is 0.262 e. The first-order valence-electron chi connectivity index (χ1n) is 11.3. The number of hydrogen-bond donors (Lipinski definition) is 2. The van der Waals surface area contributed by atoms with E-state index in [1.807, 2.05) is 30.3 Å². The normalized spacial score (nSPS) is 12.5. The zero-order valence-electron chi connectivity index (χ0n) is 20.5. The summed E-state index contributed by atoms with van der Waals surface area (Å²) in [5.41, 5.74) is 3.95. The maximum absolute atomic E-state index is 13.1. The van der Waals surface area contributed by atoms with E-state index in [9.17, 15) is 9.59 Å². The molecular formula is C27H27Cl2N3O5. The Morgan fingerprint density at radius 3 is 2.38 bits per heavy atom. The summed E-state index contributed by atoms with van der Waals surface area (Å²) >= 11 is 12.1. The maximum atomic E-state index is 13.1. The van der Waals surface area contributed by atoms with Crippen molar-refractivity contribution in [3.05, 3.63) is 87.9 Å². The van der Waals surface area contributed by atoms with E-state index in [2.05, 4.69) is 15.8 Å². The highest BCUT2D eigenvalue weighted by atomic mass is 35.5. The second-order valence-corrected chi connectivity index (χ2v) is 8.75. The van der Waals surface area contributed by atoms with Gasteiger partial charge in [0.05, 0.1) is 25.5 Å². The molecule has 194 valence electrons. The van der Waals surface area contributed by atoms with Crippen molar-refractivity contribution in [3.8, 4) is 17.2 Å². The average molecular weight is 544 g/mol. The third kappa shape index (κ3) is 7.87. The van der Waals surface area contributed by atoms with Crippen molar-refractivity contribution in [2.75, 3.05) is 14.2 Å². The highest BCUT2D eigenvalue weighted by Gasteiger charge is 2.25. The third-order valence-electron chi connectivity index (χ3n) is 5.29. The lowest BCUT2D eigenvalue weighted by atomic mass is 10.1. The minimum Gasteiger partial charge on any atom is -0.493 e. The van der Waals surface area contributed by atoms with Gasteiger partial charge in [-0.05, 0) is 42.8 Å². The van der Waals surface area contributed by atoms with Gasteiger partial charge in [-0.1, -0.05) is 59.6 Å². The molecule has 0 aliphatic heterocycles. The Bertz CT molecular complexity index is 1250. The Balaban J connectivity index is 1.72. The van der Waals surface area contributed by atoms with E-state index >= 15 is 0 Å². The minimum absolute atomic E-state index is 0.241. The van der Waals surface area contributed by atoms with E-state index in [1.54, 1.807) is 37.3 Å². The Labute approximate surface area is 225 Å². The Kier molecular flexibility index (Phi) is 10.2. The van der Waals surface area contributed by atoms with Crippen LogP contribution in [0.5, 0.6) is 17.2 Å². The van der Waals surface area contributed by atoms with Crippen molar-refractivity contribution >= 4 is 41.2 Å². The zero-order valence-corrected chi connectivity index (χ0v) is 22.0. The summed E-state index contributed by atoms with van der Waals surface area (Å²) in [6, 6.07) is 18.4. The van der Waals surface area contributed by atoms with Crippen molar-refractivity contribution in [1.29, 1.82) is 0 Å². The fourth-order valence-electron chi connectivity index (χ4n) is 3.42. The lowest BCUT2D eigenvalue weighted by Crippen LogP contribution is -2.50. The number of nitrogens with one attached hydrogen (secondary N) is 2. The first kappa shape index (κ1) is 27.8. The standard InChI is InChI=1S/C27H27Cl2N3O5/c1-17(37-23-13-12-20(28)15-21(23)29)26(33)31-22(14-18-8-5-4-6-9-18)27(34)32-30-16-19-10-7-11-24(35-2)25(19)36-3/h4-13,15-17,22H,14H2,1-3H3,(H,31,33)(H,32,34)/b30-16-/t17-,22+/m0/s1. The Morgan fingerprint density at radius 2 is 1.70 bits per heavy atom. The van der Waals surface area contributed by atoms with Crippen LogP contribution in [0.15, 0.2) is 71.8 Å². The number of hydrogen-bond acceptors (Lipinski definition) is 6. The number of carbonyl (C=O) groups is 2. The molecule has 0 saturated carbocycles. The monoisotopic (exact) mass is 543 g/mol. The zero-order chi connectivity index (χ0) is 26.8.